The molecular formula is C17H19BrN2O. The standard InChI is InChI=1S/C17H19BrN2O/c18-15-3-6-17(14(10-15)12-20-16-4-5-16)21-9-7-13-2-1-8-19-11-13/h1-3,6,8,10-11,16,20H,4-5,7,9,12H2. The van der Waals surface area contributed by atoms with E-state index in [0.29, 0.717) is 12.6 Å². The molecule has 1 aromatic heterocycles. The smallest absolute Gasteiger partial charge is 0.123 e. The lowest BCUT2D eigenvalue weighted by atomic mass is 10.2. The van der Waals surface area contributed by atoms with Gasteiger partial charge in [-0.15, -0.1) is 0 Å². The van der Waals surface area contributed by atoms with Crippen molar-refractivity contribution in [2.24, 2.45) is 0 Å². The second kappa shape index (κ2) is 7.05. The van der Waals surface area contributed by atoms with E-state index in [0.717, 1.165) is 23.2 Å². The molecule has 1 aromatic carbocycles. The van der Waals surface area contributed by atoms with Crippen LogP contribution in [0.1, 0.15) is 24.0 Å². The Bertz CT molecular complexity index is 585. The summed E-state index contributed by atoms with van der Waals surface area (Å²) in [5, 5.41) is 3.54. The Kier molecular flexibility index (Phi) is 4.88. The third-order valence-electron chi connectivity index (χ3n) is 3.55. The number of pyridine rings is 1. The van der Waals surface area contributed by atoms with Crippen LogP contribution in [0.4, 0.5) is 0 Å². The molecule has 0 spiro atoms. The fourth-order valence-corrected chi connectivity index (χ4v) is 2.60. The third-order valence-corrected chi connectivity index (χ3v) is 4.05. The van der Waals surface area contributed by atoms with Gasteiger partial charge in [0.2, 0.25) is 0 Å². The SMILES string of the molecule is Brc1ccc(OCCc2cccnc2)c(CNC2CC2)c1. The molecule has 1 N–H and O–H groups in total. The molecule has 1 saturated carbocycles. The number of benzene rings is 1. The van der Waals surface area contributed by atoms with E-state index in [1.165, 1.54) is 24.0 Å². The van der Waals surface area contributed by atoms with Crippen LogP contribution in [0, 0.1) is 0 Å². The molecule has 21 heavy (non-hydrogen) atoms. The van der Waals surface area contributed by atoms with Gasteiger partial charge in [0.1, 0.15) is 5.75 Å². The predicted octanol–water partition coefficient (Wildman–Crippen LogP) is 3.72. The van der Waals surface area contributed by atoms with Crippen molar-refractivity contribution in [2.45, 2.75) is 31.8 Å². The number of hydrogen-bond donors (Lipinski definition) is 1. The van der Waals surface area contributed by atoms with Gasteiger partial charge in [0.25, 0.3) is 0 Å². The first-order valence-corrected chi connectivity index (χ1v) is 8.14. The number of nitrogens with one attached hydrogen (secondary N) is 1. The van der Waals surface area contributed by atoms with Gasteiger partial charge in [-0.3, -0.25) is 4.98 Å². The van der Waals surface area contributed by atoms with Crippen molar-refractivity contribution in [3.05, 3.63) is 58.3 Å². The Morgan fingerprint density at radius 1 is 1.29 bits per heavy atom. The summed E-state index contributed by atoms with van der Waals surface area (Å²) < 4.78 is 7.05. The largest absolute Gasteiger partial charge is 0.493 e. The minimum Gasteiger partial charge on any atom is -0.493 e. The fourth-order valence-electron chi connectivity index (χ4n) is 2.19. The van der Waals surface area contributed by atoms with Crippen molar-refractivity contribution < 1.29 is 4.74 Å². The Labute approximate surface area is 133 Å². The first-order valence-electron chi connectivity index (χ1n) is 7.35. The van der Waals surface area contributed by atoms with E-state index in [-0.39, 0.29) is 0 Å². The molecule has 0 radical (unpaired) electrons. The number of ether oxygens (including phenoxy) is 1. The van der Waals surface area contributed by atoms with Gasteiger partial charge in [-0.25, -0.2) is 0 Å². The molecule has 1 aliphatic carbocycles. The van der Waals surface area contributed by atoms with Crippen LogP contribution in [-0.4, -0.2) is 17.6 Å². The molecule has 1 heterocycles. The van der Waals surface area contributed by atoms with E-state index in [2.05, 4.69) is 38.4 Å². The van der Waals surface area contributed by atoms with E-state index in [1.807, 2.05) is 24.4 Å². The maximum absolute atomic E-state index is 5.96. The van der Waals surface area contributed by atoms with E-state index in [4.69, 9.17) is 4.74 Å². The predicted molar refractivity (Wildman–Crippen MR) is 87.4 cm³/mol. The highest BCUT2D eigenvalue weighted by Gasteiger charge is 2.20. The monoisotopic (exact) mass is 346 g/mol. The van der Waals surface area contributed by atoms with Gasteiger partial charge >= 0.3 is 0 Å². The molecule has 0 amide bonds. The van der Waals surface area contributed by atoms with Crippen LogP contribution in [0.5, 0.6) is 5.75 Å². The van der Waals surface area contributed by atoms with E-state index in [1.54, 1.807) is 6.20 Å². The van der Waals surface area contributed by atoms with Crippen molar-refractivity contribution in [3.63, 3.8) is 0 Å². The molecule has 0 unspecified atom stereocenters. The topological polar surface area (TPSA) is 34.1 Å². The second-order valence-electron chi connectivity index (χ2n) is 5.37. The number of nitrogens with zero attached hydrogens (tertiary/aromatic N) is 1. The highest BCUT2D eigenvalue weighted by atomic mass is 79.9. The fraction of sp³-hybridized carbons (Fsp3) is 0.353. The highest BCUT2D eigenvalue weighted by molar-refractivity contribution is 9.10. The van der Waals surface area contributed by atoms with Crippen LogP contribution >= 0.6 is 15.9 Å². The van der Waals surface area contributed by atoms with Crippen LogP contribution in [0.2, 0.25) is 0 Å². The van der Waals surface area contributed by atoms with Gasteiger partial charge in [-0.05, 0) is 42.7 Å². The van der Waals surface area contributed by atoms with Gasteiger partial charge in [-0.2, -0.15) is 0 Å². The van der Waals surface area contributed by atoms with Gasteiger partial charge in [0, 0.05) is 41.4 Å². The molecule has 1 fully saturated rings. The summed E-state index contributed by atoms with van der Waals surface area (Å²) in [6, 6.07) is 10.9. The van der Waals surface area contributed by atoms with Crippen molar-refractivity contribution in [3.8, 4) is 5.75 Å². The van der Waals surface area contributed by atoms with E-state index < -0.39 is 0 Å². The van der Waals surface area contributed by atoms with Crippen LogP contribution in [-0.2, 0) is 13.0 Å². The first-order chi connectivity index (χ1) is 10.3. The van der Waals surface area contributed by atoms with Crippen LogP contribution in [0.25, 0.3) is 0 Å². The molecule has 1 aliphatic rings. The highest BCUT2D eigenvalue weighted by Crippen LogP contribution is 2.25. The van der Waals surface area contributed by atoms with E-state index in [9.17, 15) is 0 Å². The molecule has 0 atom stereocenters. The summed E-state index contributed by atoms with van der Waals surface area (Å²) >= 11 is 3.53. The summed E-state index contributed by atoms with van der Waals surface area (Å²) in [6.45, 7) is 1.54. The summed E-state index contributed by atoms with van der Waals surface area (Å²) in [6.07, 6.45) is 7.15. The van der Waals surface area contributed by atoms with Gasteiger partial charge in [0.05, 0.1) is 6.61 Å². The normalized spacial score (nSPS) is 14.1. The van der Waals surface area contributed by atoms with Gasteiger partial charge < -0.3 is 10.1 Å². The van der Waals surface area contributed by atoms with E-state index >= 15 is 0 Å². The second-order valence-corrected chi connectivity index (χ2v) is 6.28. The average molecular weight is 347 g/mol. The molecule has 110 valence electrons. The molecule has 2 aromatic rings. The Morgan fingerprint density at radius 2 is 2.19 bits per heavy atom. The Hall–Kier alpha value is -1.39. The lowest BCUT2D eigenvalue weighted by Crippen LogP contribution is -2.16. The zero-order valence-electron chi connectivity index (χ0n) is 11.9. The molecule has 3 rings (SSSR count). The molecule has 3 nitrogen and oxygen atoms in total. The number of aromatic nitrogens is 1. The molecule has 0 aliphatic heterocycles. The first kappa shape index (κ1) is 14.5. The number of hydrogen-bond acceptors (Lipinski definition) is 3. The third kappa shape index (κ3) is 4.55. The zero-order valence-corrected chi connectivity index (χ0v) is 13.5. The van der Waals surface area contributed by atoms with Gasteiger partial charge in [-0.1, -0.05) is 22.0 Å². The minimum atomic E-state index is 0.670. The summed E-state index contributed by atoms with van der Waals surface area (Å²) in [5.41, 5.74) is 2.41. The number of rotatable bonds is 7. The molecule has 0 saturated heterocycles. The summed E-state index contributed by atoms with van der Waals surface area (Å²) in [5.74, 6) is 0.968. The van der Waals surface area contributed by atoms with Crippen LogP contribution < -0.4 is 10.1 Å². The Balaban J connectivity index is 1.58. The van der Waals surface area contributed by atoms with Gasteiger partial charge in [0.15, 0.2) is 0 Å². The number of halogens is 1. The molecular weight excluding hydrogens is 328 g/mol. The lowest BCUT2D eigenvalue weighted by molar-refractivity contribution is 0.317. The molecule has 4 heteroatoms. The maximum Gasteiger partial charge on any atom is 0.123 e. The zero-order chi connectivity index (χ0) is 14.5. The average Bonchev–Trinajstić information content (AvgIpc) is 3.32. The van der Waals surface area contributed by atoms with Crippen molar-refractivity contribution in [1.29, 1.82) is 0 Å². The van der Waals surface area contributed by atoms with Crippen molar-refractivity contribution in [1.82, 2.24) is 10.3 Å². The summed E-state index contributed by atoms with van der Waals surface area (Å²) in [4.78, 5) is 4.12. The minimum absolute atomic E-state index is 0.670. The maximum atomic E-state index is 5.96. The lowest BCUT2D eigenvalue weighted by Gasteiger charge is -2.12. The van der Waals surface area contributed by atoms with Crippen LogP contribution in [0.15, 0.2) is 47.2 Å². The Morgan fingerprint density at radius 3 is 2.95 bits per heavy atom. The van der Waals surface area contributed by atoms with Crippen LogP contribution in [0.3, 0.4) is 0 Å². The summed E-state index contributed by atoms with van der Waals surface area (Å²) in [7, 11) is 0. The quantitative estimate of drug-likeness (QED) is 0.829. The van der Waals surface area contributed by atoms with Crippen molar-refractivity contribution >= 4 is 15.9 Å². The molecule has 0 bridgehead atoms. The van der Waals surface area contributed by atoms with Crippen molar-refractivity contribution in [2.75, 3.05) is 6.61 Å².